The Hall–Kier alpha value is -2.13. The summed E-state index contributed by atoms with van der Waals surface area (Å²) in [6.45, 7) is 6.11. The molecule has 1 aliphatic heterocycles. The minimum Gasteiger partial charge on any atom is -0.450 e. The van der Waals surface area contributed by atoms with E-state index in [1.807, 2.05) is 26.1 Å². The van der Waals surface area contributed by atoms with Crippen LogP contribution in [-0.4, -0.2) is 47.8 Å². The van der Waals surface area contributed by atoms with E-state index in [1.54, 1.807) is 0 Å². The first-order chi connectivity index (χ1) is 12.6. The van der Waals surface area contributed by atoms with Crippen LogP contribution in [0.1, 0.15) is 50.3 Å². The number of hydrogen-bond acceptors (Lipinski definition) is 5. The molecule has 0 radical (unpaired) electrons. The molecule has 1 N–H and O–H groups in total. The largest absolute Gasteiger partial charge is 0.450 e. The van der Waals surface area contributed by atoms with Gasteiger partial charge in [0.05, 0.1) is 23.8 Å². The van der Waals surface area contributed by atoms with Gasteiger partial charge in [0.2, 0.25) is 0 Å². The van der Waals surface area contributed by atoms with Crippen molar-refractivity contribution in [3.63, 3.8) is 0 Å². The maximum Gasteiger partial charge on any atom is 0.407 e. The molecule has 1 aromatic heterocycles. The van der Waals surface area contributed by atoms with E-state index in [1.165, 1.54) is 0 Å². The molecule has 2 aliphatic rings. The Balaban J connectivity index is 1.57. The number of nitrogens with one attached hydrogen (secondary N) is 1. The number of hydrogen-bond donors (Lipinski definition) is 1. The van der Waals surface area contributed by atoms with Gasteiger partial charge in [0.15, 0.2) is 0 Å². The third-order valence-corrected chi connectivity index (χ3v) is 5.76. The summed E-state index contributed by atoms with van der Waals surface area (Å²) in [5.41, 5.74) is 1.62. The molecule has 2 fully saturated rings. The summed E-state index contributed by atoms with van der Waals surface area (Å²) in [4.78, 5) is 18.5. The molecule has 1 unspecified atom stereocenters. The number of ether oxygens (including phenoxy) is 1. The van der Waals surface area contributed by atoms with Gasteiger partial charge < -0.3 is 10.1 Å². The number of carbonyl (C=O) groups excluding carboxylic acids is 1. The van der Waals surface area contributed by atoms with Gasteiger partial charge in [-0.05, 0) is 63.6 Å². The maximum absolute atomic E-state index is 11.6. The highest BCUT2D eigenvalue weighted by molar-refractivity contribution is 5.67. The number of aromatic nitrogens is 1. The van der Waals surface area contributed by atoms with E-state index in [9.17, 15) is 10.1 Å². The van der Waals surface area contributed by atoms with Crippen LogP contribution in [-0.2, 0) is 10.2 Å². The molecule has 2 heterocycles. The van der Waals surface area contributed by atoms with Crippen LogP contribution < -0.4 is 5.32 Å². The predicted molar refractivity (Wildman–Crippen MR) is 98.7 cm³/mol. The molecule has 1 atom stereocenters. The molecule has 1 saturated carbocycles. The summed E-state index contributed by atoms with van der Waals surface area (Å²) in [6, 6.07) is 7.24. The predicted octanol–water partition coefficient (Wildman–Crippen LogP) is 2.91. The molecule has 6 nitrogen and oxygen atoms in total. The first-order valence-corrected chi connectivity index (χ1v) is 9.58. The average molecular weight is 356 g/mol. The van der Waals surface area contributed by atoms with Crippen molar-refractivity contribution in [1.29, 1.82) is 5.26 Å². The van der Waals surface area contributed by atoms with Gasteiger partial charge in [0.25, 0.3) is 0 Å². The van der Waals surface area contributed by atoms with Crippen molar-refractivity contribution in [2.75, 3.05) is 19.7 Å². The summed E-state index contributed by atoms with van der Waals surface area (Å²) in [7, 11) is 0. The number of carbonyl (C=O) groups is 1. The maximum atomic E-state index is 11.6. The highest BCUT2D eigenvalue weighted by atomic mass is 16.5. The Morgan fingerprint density at radius 1 is 1.46 bits per heavy atom. The number of likely N-dealkylation sites (tertiary alicyclic amines) is 1. The number of nitrogens with zero attached hydrogens (tertiary/aromatic N) is 3. The van der Waals surface area contributed by atoms with E-state index in [4.69, 9.17) is 4.74 Å². The van der Waals surface area contributed by atoms with Gasteiger partial charge >= 0.3 is 6.09 Å². The van der Waals surface area contributed by atoms with Crippen LogP contribution in [0.15, 0.2) is 18.3 Å². The molecule has 6 heteroatoms. The lowest BCUT2D eigenvalue weighted by Gasteiger charge is -2.38. The normalized spacial score (nSPS) is 29.1. The smallest absolute Gasteiger partial charge is 0.407 e. The molecule has 1 aliphatic carbocycles. The zero-order valence-electron chi connectivity index (χ0n) is 15.7. The van der Waals surface area contributed by atoms with E-state index < -0.39 is 5.41 Å². The summed E-state index contributed by atoms with van der Waals surface area (Å²) in [5, 5.41) is 12.8. The number of aryl methyl sites for hydroxylation is 1. The Bertz CT molecular complexity index is 677. The number of alkyl carbamates (subject to hydrolysis) is 1. The number of nitriles is 1. The molecule has 1 amide bonds. The lowest BCUT2D eigenvalue weighted by Crippen LogP contribution is -2.43. The van der Waals surface area contributed by atoms with Crippen LogP contribution in [0.3, 0.4) is 0 Å². The van der Waals surface area contributed by atoms with E-state index in [-0.39, 0.29) is 12.1 Å². The Labute approximate surface area is 155 Å². The zero-order chi connectivity index (χ0) is 18.6. The number of rotatable bonds is 4. The summed E-state index contributed by atoms with van der Waals surface area (Å²) in [6.07, 6.45) is 6.12. The van der Waals surface area contributed by atoms with E-state index in [0.29, 0.717) is 12.6 Å². The van der Waals surface area contributed by atoms with Gasteiger partial charge in [-0.15, -0.1) is 0 Å². The molecule has 1 saturated heterocycles. The van der Waals surface area contributed by atoms with Gasteiger partial charge in [0.1, 0.15) is 0 Å². The number of pyridine rings is 1. The highest BCUT2D eigenvalue weighted by Crippen LogP contribution is 2.40. The SMILES string of the molecule is CCOC(=O)NC1CCN(C2CCC(C#N)(c3cc(C)ccn3)CC2)C1. The second-order valence-corrected chi connectivity index (χ2v) is 7.49. The Morgan fingerprint density at radius 3 is 2.88 bits per heavy atom. The third-order valence-electron chi connectivity index (χ3n) is 5.76. The van der Waals surface area contributed by atoms with Crippen molar-refractivity contribution < 1.29 is 9.53 Å². The van der Waals surface area contributed by atoms with E-state index >= 15 is 0 Å². The average Bonchev–Trinajstić information content (AvgIpc) is 3.10. The monoisotopic (exact) mass is 356 g/mol. The van der Waals surface area contributed by atoms with Gasteiger partial charge in [-0.25, -0.2) is 4.79 Å². The van der Waals surface area contributed by atoms with Gasteiger partial charge in [-0.1, -0.05) is 0 Å². The molecule has 1 aromatic rings. The highest BCUT2D eigenvalue weighted by Gasteiger charge is 2.41. The quantitative estimate of drug-likeness (QED) is 0.897. The molecule has 0 bridgehead atoms. The minimum absolute atomic E-state index is 0.162. The first kappa shape index (κ1) is 18.7. The Morgan fingerprint density at radius 2 is 2.23 bits per heavy atom. The van der Waals surface area contributed by atoms with Gasteiger partial charge in [0, 0.05) is 31.4 Å². The van der Waals surface area contributed by atoms with E-state index in [0.717, 1.165) is 56.5 Å². The first-order valence-electron chi connectivity index (χ1n) is 9.58. The zero-order valence-corrected chi connectivity index (χ0v) is 15.7. The second-order valence-electron chi connectivity index (χ2n) is 7.49. The lowest BCUT2D eigenvalue weighted by molar-refractivity contribution is 0.143. The molecule has 0 aromatic carbocycles. The molecule has 140 valence electrons. The van der Waals surface area contributed by atoms with Gasteiger partial charge in [-0.3, -0.25) is 9.88 Å². The van der Waals surface area contributed by atoms with Crippen molar-refractivity contribution >= 4 is 6.09 Å². The van der Waals surface area contributed by atoms with Crippen molar-refractivity contribution in [2.45, 2.75) is 63.5 Å². The fourth-order valence-electron chi connectivity index (χ4n) is 4.26. The van der Waals surface area contributed by atoms with Crippen molar-refractivity contribution in [1.82, 2.24) is 15.2 Å². The fourth-order valence-corrected chi connectivity index (χ4v) is 4.26. The fraction of sp³-hybridized carbons (Fsp3) is 0.650. The van der Waals surface area contributed by atoms with Crippen molar-refractivity contribution in [2.24, 2.45) is 0 Å². The third kappa shape index (κ3) is 3.99. The molecular formula is C20H28N4O2. The van der Waals surface area contributed by atoms with Crippen LogP contribution in [0.25, 0.3) is 0 Å². The number of amides is 1. The minimum atomic E-state index is -0.454. The lowest BCUT2D eigenvalue weighted by atomic mass is 9.70. The van der Waals surface area contributed by atoms with Crippen LogP contribution in [0, 0.1) is 18.3 Å². The molecule has 3 rings (SSSR count). The van der Waals surface area contributed by atoms with Crippen LogP contribution >= 0.6 is 0 Å². The summed E-state index contributed by atoms with van der Waals surface area (Å²) < 4.78 is 4.97. The van der Waals surface area contributed by atoms with Crippen molar-refractivity contribution in [3.8, 4) is 6.07 Å². The van der Waals surface area contributed by atoms with Crippen LogP contribution in [0.5, 0.6) is 0 Å². The molecular weight excluding hydrogens is 328 g/mol. The molecule has 0 spiro atoms. The molecule has 26 heavy (non-hydrogen) atoms. The van der Waals surface area contributed by atoms with E-state index in [2.05, 4.69) is 27.3 Å². The second kappa shape index (κ2) is 8.05. The standard InChI is InChI=1S/C20H28N4O2/c1-3-26-19(25)23-16-7-11-24(13-16)17-4-8-20(14-21,9-5-17)18-12-15(2)6-10-22-18/h6,10,12,16-17H,3-5,7-9,11,13H2,1-2H3,(H,23,25). The van der Waals surface area contributed by atoms with Crippen LogP contribution in [0.4, 0.5) is 4.79 Å². The summed E-state index contributed by atoms with van der Waals surface area (Å²) >= 11 is 0. The topological polar surface area (TPSA) is 78.2 Å². The Kier molecular flexibility index (Phi) is 5.77. The van der Waals surface area contributed by atoms with Gasteiger partial charge in [-0.2, -0.15) is 5.26 Å². The summed E-state index contributed by atoms with van der Waals surface area (Å²) in [5.74, 6) is 0. The van der Waals surface area contributed by atoms with Crippen molar-refractivity contribution in [3.05, 3.63) is 29.6 Å². The van der Waals surface area contributed by atoms with Crippen LogP contribution in [0.2, 0.25) is 0 Å².